The standard InChI is InChI=1S/C16H28N2O/c1-2-3-12-19-16-8-10-18(11-9-16)15-6-4-14(13-17)5-7-15/h14-16H,2-12H2,1H3. The first-order chi connectivity index (χ1) is 9.33. The molecule has 0 spiro atoms. The van der Waals surface area contributed by atoms with Crippen molar-refractivity contribution in [3.63, 3.8) is 0 Å². The maximum absolute atomic E-state index is 8.94. The van der Waals surface area contributed by atoms with Crippen LogP contribution in [0.1, 0.15) is 58.3 Å². The van der Waals surface area contributed by atoms with Gasteiger partial charge in [0.25, 0.3) is 0 Å². The molecule has 2 fully saturated rings. The Kier molecular flexibility index (Phi) is 6.13. The predicted molar refractivity (Wildman–Crippen MR) is 76.8 cm³/mol. The highest BCUT2D eigenvalue weighted by molar-refractivity contribution is 4.90. The molecule has 2 rings (SSSR count). The molecule has 3 nitrogen and oxygen atoms in total. The van der Waals surface area contributed by atoms with Crippen molar-refractivity contribution < 1.29 is 4.74 Å². The van der Waals surface area contributed by atoms with Crippen LogP contribution in [0.3, 0.4) is 0 Å². The van der Waals surface area contributed by atoms with Gasteiger partial charge in [-0.05, 0) is 44.9 Å². The van der Waals surface area contributed by atoms with E-state index < -0.39 is 0 Å². The lowest BCUT2D eigenvalue weighted by Gasteiger charge is -2.39. The molecule has 0 aromatic rings. The average Bonchev–Trinajstić information content (AvgIpc) is 2.48. The summed E-state index contributed by atoms with van der Waals surface area (Å²) < 4.78 is 5.92. The van der Waals surface area contributed by atoms with Crippen molar-refractivity contribution in [1.29, 1.82) is 5.26 Å². The number of hydrogen-bond acceptors (Lipinski definition) is 3. The Morgan fingerprint density at radius 1 is 1.11 bits per heavy atom. The molecule has 1 aliphatic carbocycles. The molecule has 1 aliphatic heterocycles. The number of nitriles is 1. The van der Waals surface area contributed by atoms with Crippen molar-refractivity contribution in [2.24, 2.45) is 5.92 Å². The van der Waals surface area contributed by atoms with Crippen LogP contribution in [0.25, 0.3) is 0 Å². The third-order valence-electron chi connectivity index (χ3n) is 4.72. The van der Waals surface area contributed by atoms with E-state index in [1.807, 2.05) is 0 Å². The van der Waals surface area contributed by atoms with Crippen molar-refractivity contribution in [3.8, 4) is 6.07 Å². The maximum atomic E-state index is 8.94. The zero-order chi connectivity index (χ0) is 13.5. The van der Waals surface area contributed by atoms with Crippen LogP contribution < -0.4 is 0 Å². The van der Waals surface area contributed by atoms with Crippen molar-refractivity contribution in [2.45, 2.75) is 70.4 Å². The molecular formula is C16H28N2O. The van der Waals surface area contributed by atoms with E-state index in [-0.39, 0.29) is 0 Å². The Bertz CT molecular complexity index is 284. The van der Waals surface area contributed by atoms with E-state index in [1.165, 1.54) is 51.6 Å². The second-order valence-electron chi connectivity index (χ2n) is 6.09. The van der Waals surface area contributed by atoms with E-state index >= 15 is 0 Å². The molecule has 0 aromatic carbocycles. The van der Waals surface area contributed by atoms with Crippen molar-refractivity contribution in [3.05, 3.63) is 0 Å². The van der Waals surface area contributed by atoms with Crippen molar-refractivity contribution in [1.82, 2.24) is 4.90 Å². The van der Waals surface area contributed by atoms with Gasteiger partial charge in [-0.1, -0.05) is 13.3 Å². The molecule has 108 valence electrons. The second-order valence-corrected chi connectivity index (χ2v) is 6.09. The average molecular weight is 264 g/mol. The molecule has 0 bridgehead atoms. The fourth-order valence-corrected chi connectivity index (χ4v) is 3.37. The number of hydrogen-bond donors (Lipinski definition) is 0. The van der Waals surface area contributed by atoms with E-state index in [1.54, 1.807) is 0 Å². The summed E-state index contributed by atoms with van der Waals surface area (Å²) in [5, 5.41) is 8.94. The van der Waals surface area contributed by atoms with Gasteiger partial charge in [0, 0.05) is 31.7 Å². The Hall–Kier alpha value is -0.590. The van der Waals surface area contributed by atoms with Crippen LogP contribution in [0.5, 0.6) is 0 Å². The normalized spacial score (nSPS) is 30.1. The van der Waals surface area contributed by atoms with Gasteiger partial charge in [0.05, 0.1) is 12.2 Å². The molecule has 0 amide bonds. The lowest BCUT2D eigenvalue weighted by atomic mass is 9.85. The molecule has 0 aromatic heterocycles. The van der Waals surface area contributed by atoms with Crippen LogP contribution in [0.15, 0.2) is 0 Å². The number of rotatable bonds is 5. The quantitative estimate of drug-likeness (QED) is 0.714. The highest BCUT2D eigenvalue weighted by Crippen LogP contribution is 2.29. The minimum atomic E-state index is 0.325. The number of likely N-dealkylation sites (tertiary alicyclic amines) is 1. The molecule has 0 N–H and O–H groups in total. The van der Waals surface area contributed by atoms with Gasteiger partial charge in [-0.15, -0.1) is 0 Å². The molecule has 1 heterocycles. The fourth-order valence-electron chi connectivity index (χ4n) is 3.37. The predicted octanol–water partition coefficient (Wildman–Crippen LogP) is 3.35. The van der Waals surface area contributed by atoms with E-state index in [4.69, 9.17) is 10.00 Å². The summed E-state index contributed by atoms with van der Waals surface area (Å²) in [7, 11) is 0. The molecule has 0 atom stereocenters. The summed E-state index contributed by atoms with van der Waals surface area (Å²) in [6, 6.07) is 3.16. The largest absolute Gasteiger partial charge is 0.378 e. The Morgan fingerprint density at radius 3 is 2.37 bits per heavy atom. The van der Waals surface area contributed by atoms with Gasteiger partial charge in [-0.25, -0.2) is 0 Å². The number of piperidine rings is 1. The number of ether oxygens (including phenoxy) is 1. The molecule has 1 saturated heterocycles. The van der Waals surface area contributed by atoms with Crippen molar-refractivity contribution in [2.75, 3.05) is 19.7 Å². The molecule has 1 saturated carbocycles. The maximum Gasteiger partial charge on any atom is 0.0655 e. The highest BCUT2D eigenvalue weighted by atomic mass is 16.5. The summed E-state index contributed by atoms with van der Waals surface area (Å²) in [5.74, 6) is 0.325. The summed E-state index contributed by atoms with van der Waals surface area (Å²) >= 11 is 0. The fraction of sp³-hybridized carbons (Fsp3) is 0.938. The lowest BCUT2D eigenvalue weighted by molar-refractivity contribution is -0.00774. The minimum Gasteiger partial charge on any atom is -0.378 e. The van der Waals surface area contributed by atoms with E-state index in [2.05, 4.69) is 17.9 Å². The molecule has 0 radical (unpaired) electrons. The summed E-state index contributed by atoms with van der Waals surface area (Å²) in [6.45, 7) is 5.54. The van der Waals surface area contributed by atoms with Crippen LogP contribution in [-0.2, 0) is 4.74 Å². The Labute approximate surface area is 117 Å². The van der Waals surface area contributed by atoms with Gasteiger partial charge in [-0.2, -0.15) is 5.26 Å². The third kappa shape index (κ3) is 4.47. The van der Waals surface area contributed by atoms with Gasteiger partial charge < -0.3 is 9.64 Å². The van der Waals surface area contributed by atoms with Crippen LogP contribution in [0.2, 0.25) is 0 Å². The van der Waals surface area contributed by atoms with Gasteiger partial charge in [0.2, 0.25) is 0 Å². The highest BCUT2D eigenvalue weighted by Gasteiger charge is 2.28. The zero-order valence-corrected chi connectivity index (χ0v) is 12.3. The summed E-state index contributed by atoms with van der Waals surface area (Å²) in [5.41, 5.74) is 0. The van der Waals surface area contributed by atoms with Gasteiger partial charge >= 0.3 is 0 Å². The molecule has 0 unspecified atom stereocenters. The summed E-state index contributed by atoms with van der Waals surface area (Å²) in [4.78, 5) is 2.65. The first kappa shape index (κ1) is 14.8. The monoisotopic (exact) mass is 264 g/mol. The smallest absolute Gasteiger partial charge is 0.0655 e. The molecular weight excluding hydrogens is 236 g/mol. The van der Waals surface area contributed by atoms with E-state index in [9.17, 15) is 0 Å². The molecule has 3 heteroatoms. The SMILES string of the molecule is CCCCOC1CCN(C2CCC(C#N)CC2)CC1. The second kappa shape index (κ2) is 7.87. The minimum absolute atomic E-state index is 0.325. The van der Waals surface area contributed by atoms with E-state index in [0.717, 1.165) is 25.5 Å². The Balaban J connectivity index is 1.65. The van der Waals surface area contributed by atoms with Crippen molar-refractivity contribution >= 4 is 0 Å². The van der Waals surface area contributed by atoms with Gasteiger partial charge in [0.15, 0.2) is 0 Å². The third-order valence-corrected chi connectivity index (χ3v) is 4.72. The van der Waals surface area contributed by atoms with Gasteiger partial charge in [-0.3, -0.25) is 0 Å². The molecule has 2 aliphatic rings. The Morgan fingerprint density at radius 2 is 1.79 bits per heavy atom. The number of unbranched alkanes of at least 4 members (excludes halogenated alkanes) is 1. The number of nitrogens with zero attached hydrogens (tertiary/aromatic N) is 2. The van der Waals surface area contributed by atoms with E-state index in [0.29, 0.717) is 12.0 Å². The van der Waals surface area contributed by atoms with Crippen LogP contribution in [0.4, 0.5) is 0 Å². The first-order valence-corrected chi connectivity index (χ1v) is 8.08. The zero-order valence-electron chi connectivity index (χ0n) is 12.3. The van der Waals surface area contributed by atoms with Gasteiger partial charge in [0.1, 0.15) is 0 Å². The van der Waals surface area contributed by atoms with Crippen LogP contribution in [0, 0.1) is 17.2 Å². The lowest BCUT2D eigenvalue weighted by Crippen LogP contribution is -2.44. The van der Waals surface area contributed by atoms with Crippen LogP contribution >= 0.6 is 0 Å². The topological polar surface area (TPSA) is 36.3 Å². The van der Waals surface area contributed by atoms with Crippen LogP contribution in [-0.4, -0.2) is 36.7 Å². The first-order valence-electron chi connectivity index (χ1n) is 8.08. The summed E-state index contributed by atoms with van der Waals surface area (Å²) in [6.07, 6.45) is 9.96. The molecule has 19 heavy (non-hydrogen) atoms.